The number of nitrogens with one attached hydrogen (secondary N) is 1. The maximum absolute atomic E-state index is 12.8. The molecule has 0 aliphatic heterocycles. The number of halogens is 1. The van der Waals surface area contributed by atoms with E-state index in [0.29, 0.717) is 11.3 Å². The minimum atomic E-state index is -3.79. The lowest BCUT2D eigenvalue weighted by molar-refractivity contribution is 0.601. The number of nitrogens with zero attached hydrogens (tertiary/aromatic N) is 3. The van der Waals surface area contributed by atoms with E-state index in [-0.39, 0.29) is 4.90 Å². The Balaban J connectivity index is 1.89. The summed E-state index contributed by atoms with van der Waals surface area (Å²) in [5.74, 6) is 0. The van der Waals surface area contributed by atoms with Gasteiger partial charge in [-0.25, -0.2) is 13.4 Å². The molecule has 3 heterocycles. The van der Waals surface area contributed by atoms with E-state index in [2.05, 4.69) is 30.6 Å². The van der Waals surface area contributed by atoms with Gasteiger partial charge >= 0.3 is 0 Å². The summed E-state index contributed by atoms with van der Waals surface area (Å²) in [6.45, 7) is 2.02. The summed E-state index contributed by atoms with van der Waals surface area (Å²) in [5.41, 5.74) is 3.89. The molecule has 1 aromatic carbocycles. The van der Waals surface area contributed by atoms with Crippen molar-refractivity contribution in [2.45, 2.75) is 11.8 Å². The normalized spacial score (nSPS) is 11.6. The minimum absolute atomic E-state index is 0.0927. The molecule has 0 saturated heterocycles. The predicted octanol–water partition coefficient (Wildman–Crippen LogP) is 4.27. The number of benzene rings is 1. The van der Waals surface area contributed by atoms with Crippen LogP contribution in [0.25, 0.3) is 16.8 Å². The zero-order valence-electron chi connectivity index (χ0n) is 14.3. The number of hydrogen-bond acceptors (Lipinski definition) is 4. The number of aromatic nitrogens is 3. The van der Waals surface area contributed by atoms with Crippen LogP contribution in [0.5, 0.6) is 0 Å². The van der Waals surface area contributed by atoms with Crippen LogP contribution in [0.4, 0.5) is 5.69 Å². The largest absolute Gasteiger partial charge is 0.292 e. The molecule has 0 amide bonds. The molecule has 6 nitrogen and oxygen atoms in total. The molecule has 0 atom stereocenters. The number of rotatable bonds is 4. The Kier molecular flexibility index (Phi) is 4.45. The zero-order chi connectivity index (χ0) is 19.0. The van der Waals surface area contributed by atoms with Gasteiger partial charge in [-0.3, -0.25) is 14.1 Å². The summed E-state index contributed by atoms with van der Waals surface area (Å²) in [6.07, 6.45) is 6.41. The number of aryl methyl sites for hydroxylation is 1. The lowest BCUT2D eigenvalue weighted by Gasteiger charge is -2.13. The molecule has 0 saturated carbocycles. The fourth-order valence-electron chi connectivity index (χ4n) is 2.89. The van der Waals surface area contributed by atoms with Gasteiger partial charge in [0.25, 0.3) is 10.0 Å². The summed E-state index contributed by atoms with van der Waals surface area (Å²) in [7, 11) is -3.79. The van der Waals surface area contributed by atoms with Gasteiger partial charge in [-0.05, 0) is 52.2 Å². The third-order valence-electron chi connectivity index (χ3n) is 4.21. The van der Waals surface area contributed by atoms with Crippen molar-refractivity contribution >= 4 is 37.3 Å². The molecule has 27 heavy (non-hydrogen) atoms. The Morgan fingerprint density at radius 2 is 1.93 bits per heavy atom. The van der Waals surface area contributed by atoms with E-state index in [0.717, 1.165) is 21.3 Å². The Morgan fingerprint density at radius 1 is 1.11 bits per heavy atom. The highest BCUT2D eigenvalue weighted by molar-refractivity contribution is 9.10. The summed E-state index contributed by atoms with van der Waals surface area (Å²) in [6, 6.07) is 12.8. The first-order chi connectivity index (χ1) is 13.0. The quantitative estimate of drug-likeness (QED) is 0.511. The Labute approximate surface area is 165 Å². The maximum Gasteiger partial charge on any atom is 0.263 e. The number of sulfonamides is 1. The standard InChI is InChI=1S/C19H15BrN4O2S/c1-13-5-2-3-7-16(13)14-9-17(19-22-11-18(20)24(19)12-14)23-27(25,26)15-6-4-8-21-10-15/h2-12,23H,1H3. The van der Waals surface area contributed by atoms with Crippen LogP contribution in [0.1, 0.15) is 5.56 Å². The maximum atomic E-state index is 12.8. The molecule has 0 aliphatic rings. The van der Waals surface area contributed by atoms with Crippen molar-refractivity contribution < 1.29 is 8.42 Å². The van der Waals surface area contributed by atoms with Crippen LogP contribution in [0.15, 0.2) is 76.8 Å². The number of fused-ring (bicyclic) bond motifs is 1. The minimum Gasteiger partial charge on any atom is -0.292 e. The number of hydrogen-bond donors (Lipinski definition) is 1. The van der Waals surface area contributed by atoms with Crippen LogP contribution in [0.2, 0.25) is 0 Å². The van der Waals surface area contributed by atoms with E-state index in [4.69, 9.17) is 0 Å². The molecule has 0 bridgehead atoms. The van der Waals surface area contributed by atoms with Crippen molar-refractivity contribution in [3.63, 3.8) is 0 Å². The third kappa shape index (κ3) is 3.33. The number of anilines is 1. The summed E-state index contributed by atoms with van der Waals surface area (Å²) in [5, 5.41) is 0. The van der Waals surface area contributed by atoms with Crippen molar-refractivity contribution in [3.05, 3.63) is 77.4 Å². The second-order valence-corrected chi connectivity index (χ2v) is 8.52. The average Bonchev–Trinajstić information content (AvgIpc) is 3.04. The van der Waals surface area contributed by atoms with Gasteiger partial charge in [0.05, 0.1) is 11.9 Å². The summed E-state index contributed by atoms with van der Waals surface area (Å²) in [4.78, 5) is 8.31. The highest BCUT2D eigenvalue weighted by atomic mass is 79.9. The fraction of sp³-hybridized carbons (Fsp3) is 0.0526. The SMILES string of the molecule is Cc1ccccc1-c1cc(NS(=O)(=O)c2cccnc2)c2ncc(Br)n2c1. The second kappa shape index (κ2) is 6.79. The zero-order valence-corrected chi connectivity index (χ0v) is 16.7. The first-order valence-corrected chi connectivity index (χ1v) is 10.4. The van der Waals surface area contributed by atoms with Crippen LogP contribution >= 0.6 is 15.9 Å². The van der Waals surface area contributed by atoms with Crippen LogP contribution in [0.3, 0.4) is 0 Å². The lowest BCUT2D eigenvalue weighted by atomic mass is 10.0. The van der Waals surface area contributed by atoms with Crippen LogP contribution < -0.4 is 4.72 Å². The predicted molar refractivity (Wildman–Crippen MR) is 108 cm³/mol. The van der Waals surface area contributed by atoms with E-state index < -0.39 is 10.0 Å². The van der Waals surface area contributed by atoms with E-state index in [1.807, 2.05) is 41.8 Å². The average molecular weight is 443 g/mol. The molecule has 0 spiro atoms. The molecule has 0 aliphatic carbocycles. The smallest absolute Gasteiger partial charge is 0.263 e. The van der Waals surface area contributed by atoms with Crippen molar-refractivity contribution in [3.8, 4) is 11.1 Å². The van der Waals surface area contributed by atoms with Gasteiger partial charge in [0.2, 0.25) is 0 Å². The summed E-state index contributed by atoms with van der Waals surface area (Å²) < 4.78 is 30.7. The highest BCUT2D eigenvalue weighted by Gasteiger charge is 2.18. The Bertz CT molecular complexity index is 1240. The van der Waals surface area contributed by atoms with Gasteiger partial charge in [-0.15, -0.1) is 0 Å². The molecule has 0 radical (unpaired) electrons. The van der Waals surface area contributed by atoms with Crippen molar-refractivity contribution in [1.82, 2.24) is 14.4 Å². The number of pyridine rings is 2. The van der Waals surface area contributed by atoms with Gasteiger partial charge in [0.1, 0.15) is 9.50 Å². The van der Waals surface area contributed by atoms with Gasteiger partial charge in [0.15, 0.2) is 5.65 Å². The molecular weight excluding hydrogens is 428 g/mol. The molecular formula is C19H15BrN4O2S. The lowest BCUT2D eigenvalue weighted by Crippen LogP contribution is -2.14. The van der Waals surface area contributed by atoms with E-state index >= 15 is 0 Å². The molecule has 0 fully saturated rings. The van der Waals surface area contributed by atoms with Crippen molar-refractivity contribution in [2.24, 2.45) is 0 Å². The molecule has 0 unspecified atom stereocenters. The molecule has 4 aromatic rings. The second-order valence-electron chi connectivity index (χ2n) is 6.03. The van der Waals surface area contributed by atoms with Gasteiger partial charge in [-0.1, -0.05) is 24.3 Å². The highest BCUT2D eigenvalue weighted by Crippen LogP contribution is 2.31. The van der Waals surface area contributed by atoms with Crippen LogP contribution in [-0.2, 0) is 10.0 Å². The Hall–Kier alpha value is -2.71. The molecule has 136 valence electrons. The van der Waals surface area contributed by atoms with Gasteiger partial charge in [-0.2, -0.15) is 0 Å². The fourth-order valence-corrected chi connectivity index (χ4v) is 4.28. The molecule has 1 N–H and O–H groups in total. The summed E-state index contributed by atoms with van der Waals surface area (Å²) >= 11 is 3.46. The monoisotopic (exact) mass is 442 g/mol. The third-order valence-corrected chi connectivity index (χ3v) is 6.14. The molecule has 8 heteroatoms. The van der Waals surface area contributed by atoms with Crippen molar-refractivity contribution in [2.75, 3.05) is 4.72 Å². The first-order valence-electron chi connectivity index (χ1n) is 8.11. The number of imidazole rings is 1. The van der Waals surface area contributed by atoms with E-state index in [1.54, 1.807) is 18.3 Å². The van der Waals surface area contributed by atoms with Gasteiger partial charge < -0.3 is 0 Å². The Morgan fingerprint density at radius 3 is 2.67 bits per heavy atom. The van der Waals surface area contributed by atoms with Crippen LogP contribution in [0, 0.1) is 6.92 Å². The van der Waals surface area contributed by atoms with E-state index in [1.165, 1.54) is 18.5 Å². The topological polar surface area (TPSA) is 76.4 Å². The van der Waals surface area contributed by atoms with Gasteiger partial charge in [0, 0.05) is 24.2 Å². The van der Waals surface area contributed by atoms with Crippen LogP contribution in [-0.4, -0.2) is 22.8 Å². The van der Waals surface area contributed by atoms with E-state index in [9.17, 15) is 8.42 Å². The first kappa shape index (κ1) is 17.7. The van der Waals surface area contributed by atoms with Crippen molar-refractivity contribution in [1.29, 1.82) is 0 Å². The molecule has 3 aromatic heterocycles. The molecule has 4 rings (SSSR count).